The van der Waals surface area contributed by atoms with E-state index in [4.69, 9.17) is 10.5 Å². The molecule has 1 rings (SSSR count). The van der Waals surface area contributed by atoms with Gasteiger partial charge in [0.25, 0.3) is 0 Å². The third-order valence-electron chi connectivity index (χ3n) is 0.968. The van der Waals surface area contributed by atoms with E-state index in [1.54, 1.807) is 0 Å². The molecule has 0 spiro atoms. The van der Waals surface area contributed by atoms with Gasteiger partial charge in [0.15, 0.2) is 6.23 Å². The lowest BCUT2D eigenvalue weighted by molar-refractivity contribution is 0.377. The van der Waals surface area contributed by atoms with Crippen molar-refractivity contribution in [3.8, 4) is 0 Å². The Balaban J connectivity index is 2.17. The van der Waals surface area contributed by atoms with E-state index in [0.29, 0.717) is 6.54 Å². The lowest BCUT2D eigenvalue weighted by atomic mass is 10.4. The van der Waals surface area contributed by atoms with Crippen LogP contribution in [0.25, 0.3) is 0 Å². The summed E-state index contributed by atoms with van der Waals surface area (Å²) in [4.78, 5) is 3.60. The fourth-order valence-electron chi connectivity index (χ4n) is 0.466. The quantitative estimate of drug-likeness (QED) is 0.371. The molecular weight excluding hydrogens is 92.1 g/mol. The largest absolute Gasteiger partial charge is 0.344 e. The van der Waals surface area contributed by atoms with Crippen molar-refractivity contribution in [2.24, 2.45) is 10.7 Å². The molecule has 0 saturated carbocycles. The van der Waals surface area contributed by atoms with Crippen molar-refractivity contribution in [3.63, 3.8) is 0 Å². The number of nitrogens with zero attached hydrogens (tertiary/aromatic N) is 1. The molecule has 0 aliphatic carbocycles. The summed E-state index contributed by atoms with van der Waals surface area (Å²) in [5.74, 6) is 0. The molecule has 0 aromatic rings. The van der Waals surface area contributed by atoms with Crippen molar-refractivity contribution in [2.45, 2.75) is 12.3 Å². The van der Waals surface area contributed by atoms with Crippen LogP contribution in [-0.4, -0.2) is 25.6 Å². The first-order valence-electron chi connectivity index (χ1n) is 2.20. The molecule has 0 aromatic carbocycles. The van der Waals surface area contributed by atoms with Crippen molar-refractivity contribution >= 4 is 6.72 Å². The third-order valence-corrected chi connectivity index (χ3v) is 0.968. The summed E-state index contributed by atoms with van der Waals surface area (Å²) in [5.41, 5.74) is 5.19. The second kappa shape index (κ2) is 1.60. The highest BCUT2D eigenvalue weighted by Crippen LogP contribution is 2.20. The highest BCUT2D eigenvalue weighted by atomic mass is 16.6. The predicted molar refractivity (Wildman–Crippen MR) is 27.3 cm³/mol. The molecule has 2 N–H and O–H groups in total. The smallest absolute Gasteiger partial charge is 0.175 e. The zero-order valence-corrected chi connectivity index (χ0v) is 4.00. The molecule has 7 heavy (non-hydrogen) atoms. The number of hydrogen-bond acceptors (Lipinski definition) is 3. The van der Waals surface area contributed by atoms with Crippen molar-refractivity contribution < 1.29 is 4.74 Å². The molecule has 0 radical (unpaired) electrons. The maximum absolute atomic E-state index is 5.19. The van der Waals surface area contributed by atoms with E-state index >= 15 is 0 Å². The van der Waals surface area contributed by atoms with Gasteiger partial charge in [-0.05, 0) is 6.72 Å². The number of hydrogen-bond donors (Lipinski definition) is 1. The normalized spacial score (nSPS) is 37.9. The molecule has 40 valence electrons. The summed E-state index contributed by atoms with van der Waals surface area (Å²) in [5, 5.41) is 0. The second-order valence-corrected chi connectivity index (χ2v) is 1.48. The highest BCUT2D eigenvalue weighted by Gasteiger charge is 2.35. The van der Waals surface area contributed by atoms with Crippen LogP contribution in [-0.2, 0) is 4.74 Å². The Kier molecular flexibility index (Phi) is 1.08. The Hall–Kier alpha value is -0.410. The van der Waals surface area contributed by atoms with E-state index < -0.39 is 0 Å². The van der Waals surface area contributed by atoms with Crippen LogP contribution in [0.5, 0.6) is 0 Å². The Morgan fingerprint density at radius 1 is 1.86 bits per heavy atom. The van der Waals surface area contributed by atoms with E-state index in [1.165, 1.54) is 0 Å². The number of ether oxygens (including phenoxy) is 1. The standard InChI is InChI=1S/C4H8N2O/c1-6-4-3(2-5)7-4/h3-4H,1-2,5H2/t3-,4?/m0/s1. The van der Waals surface area contributed by atoms with Gasteiger partial charge < -0.3 is 10.5 Å². The van der Waals surface area contributed by atoms with Crippen LogP contribution < -0.4 is 5.73 Å². The molecule has 0 aromatic heterocycles. The first-order valence-corrected chi connectivity index (χ1v) is 2.20. The SMILES string of the molecule is C=NC1O[C@H]1CN. The average molecular weight is 100 g/mol. The average Bonchev–Trinajstić information content (AvgIpc) is 2.43. The number of aliphatic imine (C=N–C) groups is 1. The van der Waals surface area contributed by atoms with Gasteiger partial charge in [0.2, 0.25) is 0 Å². The van der Waals surface area contributed by atoms with E-state index in [2.05, 4.69) is 11.7 Å². The lowest BCUT2D eigenvalue weighted by Crippen LogP contribution is -2.07. The Morgan fingerprint density at radius 2 is 2.57 bits per heavy atom. The van der Waals surface area contributed by atoms with Gasteiger partial charge in [0, 0.05) is 6.54 Å². The van der Waals surface area contributed by atoms with E-state index in [0.717, 1.165) is 0 Å². The van der Waals surface area contributed by atoms with Gasteiger partial charge in [0.05, 0.1) is 0 Å². The van der Waals surface area contributed by atoms with Gasteiger partial charge in [0.1, 0.15) is 6.10 Å². The van der Waals surface area contributed by atoms with Crippen LogP contribution in [0.1, 0.15) is 0 Å². The summed E-state index contributed by atoms with van der Waals surface area (Å²) in [6.45, 7) is 3.85. The third kappa shape index (κ3) is 0.783. The first-order chi connectivity index (χ1) is 3.38. The van der Waals surface area contributed by atoms with Gasteiger partial charge in [-0.3, -0.25) is 4.99 Å². The zero-order chi connectivity index (χ0) is 5.28. The maximum atomic E-state index is 5.19. The molecule has 1 fully saturated rings. The highest BCUT2D eigenvalue weighted by molar-refractivity contribution is 5.24. The predicted octanol–water partition coefficient (Wildman–Crippen LogP) is -0.629. The fourth-order valence-corrected chi connectivity index (χ4v) is 0.466. The van der Waals surface area contributed by atoms with Crippen LogP contribution in [0.2, 0.25) is 0 Å². The monoisotopic (exact) mass is 100 g/mol. The molecular formula is C4H8N2O. The Morgan fingerprint density at radius 3 is 2.71 bits per heavy atom. The maximum Gasteiger partial charge on any atom is 0.175 e. The lowest BCUT2D eigenvalue weighted by Gasteiger charge is -1.75. The number of epoxide rings is 1. The number of rotatable bonds is 2. The van der Waals surface area contributed by atoms with Gasteiger partial charge in [-0.1, -0.05) is 0 Å². The van der Waals surface area contributed by atoms with Crippen LogP contribution in [0, 0.1) is 0 Å². The topological polar surface area (TPSA) is 50.9 Å². The zero-order valence-electron chi connectivity index (χ0n) is 4.00. The van der Waals surface area contributed by atoms with Crippen molar-refractivity contribution in [3.05, 3.63) is 0 Å². The molecule has 3 heteroatoms. The van der Waals surface area contributed by atoms with Gasteiger partial charge >= 0.3 is 0 Å². The molecule has 1 aliphatic rings. The minimum atomic E-state index is 0.00463. The fraction of sp³-hybridized carbons (Fsp3) is 0.750. The summed E-state index contributed by atoms with van der Waals surface area (Å²) >= 11 is 0. The minimum absolute atomic E-state index is 0.00463. The van der Waals surface area contributed by atoms with Crippen LogP contribution in [0.15, 0.2) is 4.99 Å². The van der Waals surface area contributed by atoms with Crippen molar-refractivity contribution in [1.29, 1.82) is 0 Å². The molecule has 2 atom stereocenters. The van der Waals surface area contributed by atoms with Gasteiger partial charge in [-0.2, -0.15) is 0 Å². The molecule has 0 bridgehead atoms. The molecule has 3 nitrogen and oxygen atoms in total. The molecule has 1 saturated heterocycles. The summed E-state index contributed by atoms with van der Waals surface area (Å²) in [6, 6.07) is 0. The summed E-state index contributed by atoms with van der Waals surface area (Å²) in [6.07, 6.45) is 0.169. The summed E-state index contributed by atoms with van der Waals surface area (Å²) in [7, 11) is 0. The van der Waals surface area contributed by atoms with E-state index in [9.17, 15) is 0 Å². The van der Waals surface area contributed by atoms with E-state index in [-0.39, 0.29) is 12.3 Å². The van der Waals surface area contributed by atoms with E-state index in [1.807, 2.05) is 0 Å². The molecule has 1 heterocycles. The molecule has 1 aliphatic heterocycles. The molecule has 0 amide bonds. The van der Waals surface area contributed by atoms with Crippen LogP contribution in [0.3, 0.4) is 0 Å². The van der Waals surface area contributed by atoms with Crippen LogP contribution >= 0.6 is 0 Å². The Labute approximate surface area is 42.2 Å². The minimum Gasteiger partial charge on any atom is -0.344 e. The van der Waals surface area contributed by atoms with Crippen molar-refractivity contribution in [2.75, 3.05) is 6.54 Å². The van der Waals surface area contributed by atoms with Gasteiger partial charge in [-0.15, -0.1) is 0 Å². The number of nitrogens with two attached hydrogens (primary N) is 1. The first kappa shape index (κ1) is 4.74. The van der Waals surface area contributed by atoms with Crippen molar-refractivity contribution in [1.82, 2.24) is 0 Å². The van der Waals surface area contributed by atoms with Crippen LogP contribution in [0.4, 0.5) is 0 Å². The second-order valence-electron chi connectivity index (χ2n) is 1.48. The molecule has 1 unspecified atom stereocenters. The van der Waals surface area contributed by atoms with Gasteiger partial charge in [-0.25, -0.2) is 0 Å². The summed E-state index contributed by atoms with van der Waals surface area (Å²) < 4.78 is 4.86. The Bertz CT molecular complexity index is 83.8.